The van der Waals surface area contributed by atoms with E-state index in [-0.39, 0.29) is 6.04 Å². The summed E-state index contributed by atoms with van der Waals surface area (Å²) in [4.78, 5) is 4.45. The number of hydrogen-bond acceptors (Lipinski definition) is 2. The second-order valence-electron chi connectivity index (χ2n) is 4.51. The van der Waals surface area contributed by atoms with E-state index in [0.717, 1.165) is 14.6 Å². The van der Waals surface area contributed by atoms with Crippen LogP contribution < -0.4 is 5.32 Å². The zero-order valence-electron chi connectivity index (χ0n) is 10.9. The molecule has 4 heteroatoms. The Balaban J connectivity index is 2.34. The van der Waals surface area contributed by atoms with Crippen LogP contribution in [0.1, 0.15) is 30.1 Å². The van der Waals surface area contributed by atoms with Crippen LogP contribution in [0.2, 0.25) is 0 Å². The lowest BCUT2D eigenvalue weighted by Crippen LogP contribution is -2.22. The van der Waals surface area contributed by atoms with Crippen LogP contribution in [0.3, 0.4) is 0 Å². The summed E-state index contributed by atoms with van der Waals surface area (Å²) < 4.78 is 2.15. The third kappa shape index (κ3) is 3.65. The summed E-state index contributed by atoms with van der Waals surface area (Å²) in [5, 5.41) is 3.39. The molecule has 1 heterocycles. The van der Waals surface area contributed by atoms with Crippen LogP contribution in [0.25, 0.3) is 0 Å². The first-order valence-electron chi connectivity index (χ1n) is 6.16. The molecule has 0 radical (unpaired) electrons. The Kier molecular flexibility index (Phi) is 5.13. The van der Waals surface area contributed by atoms with Crippen molar-refractivity contribution in [1.82, 2.24) is 10.3 Å². The minimum Gasteiger partial charge on any atom is -0.312 e. The van der Waals surface area contributed by atoms with Gasteiger partial charge < -0.3 is 5.32 Å². The lowest BCUT2D eigenvalue weighted by atomic mass is 9.91. The van der Waals surface area contributed by atoms with Gasteiger partial charge in [0.05, 0.1) is 0 Å². The van der Waals surface area contributed by atoms with Crippen molar-refractivity contribution in [1.29, 1.82) is 0 Å². The van der Waals surface area contributed by atoms with Gasteiger partial charge in [0.25, 0.3) is 0 Å². The molecule has 2 unspecified atom stereocenters. The highest BCUT2D eigenvalue weighted by atomic mass is 79.9. The molecule has 2 nitrogen and oxygen atoms in total. The first-order chi connectivity index (χ1) is 9.11. The zero-order valence-corrected chi connectivity index (χ0v) is 14.1. The Morgan fingerprint density at radius 3 is 2.32 bits per heavy atom. The van der Waals surface area contributed by atoms with Crippen molar-refractivity contribution in [3.63, 3.8) is 0 Å². The van der Waals surface area contributed by atoms with Crippen LogP contribution in [-0.2, 0) is 0 Å². The van der Waals surface area contributed by atoms with Gasteiger partial charge in [-0.2, -0.15) is 0 Å². The van der Waals surface area contributed by atoms with E-state index < -0.39 is 0 Å². The smallest absolute Gasteiger partial charge is 0.0450 e. The fourth-order valence-corrected chi connectivity index (χ4v) is 3.61. The van der Waals surface area contributed by atoms with Crippen LogP contribution in [0.15, 0.2) is 51.5 Å². The van der Waals surface area contributed by atoms with Gasteiger partial charge in [-0.1, -0.05) is 44.8 Å². The Labute approximate surface area is 130 Å². The van der Waals surface area contributed by atoms with Gasteiger partial charge >= 0.3 is 0 Å². The summed E-state index contributed by atoms with van der Waals surface area (Å²) in [6, 6.07) is 12.6. The fourth-order valence-electron chi connectivity index (χ4n) is 2.28. The summed E-state index contributed by atoms with van der Waals surface area (Å²) in [6.45, 7) is 2.19. The molecule has 2 aromatic rings. The molecule has 1 aromatic carbocycles. The summed E-state index contributed by atoms with van der Waals surface area (Å²) in [5.74, 6) is 0.299. The molecule has 100 valence electrons. The van der Waals surface area contributed by atoms with E-state index in [0.29, 0.717) is 5.92 Å². The van der Waals surface area contributed by atoms with Crippen molar-refractivity contribution in [2.75, 3.05) is 7.05 Å². The number of hydrogen-bond donors (Lipinski definition) is 1. The Morgan fingerprint density at radius 1 is 1.11 bits per heavy atom. The largest absolute Gasteiger partial charge is 0.312 e. The highest BCUT2D eigenvalue weighted by molar-refractivity contribution is 9.11. The monoisotopic (exact) mass is 382 g/mol. The molecule has 0 saturated carbocycles. The maximum atomic E-state index is 4.45. The second kappa shape index (κ2) is 6.64. The molecule has 0 bridgehead atoms. The first kappa shape index (κ1) is 14.7. The summed E-state index contributed by atoms with van der Waals surface area (Å²) >= 11 is 7.08. The van der Waals surface area contributed by atoms with Crippen molar-refractivity contribution in [2.45, 2.75) is 18.9 Å². The van der Waals surface area contributed by atoms with Gasteiger partial charge in [0, 0.05) is 32.8 Å². The van der Waals surface area contributed by atoms with Crippen LogP contribution in [0, 0.1) is 0 Å². The van der Waals surface area contributed by atoms with Crippen molar-refractivity contribution < 1.29 is 0 Å². The van der Waals surface area contributed by atoms with Crippen LogP contribution in [0.5, 0.6) is 0 Å². The minimum absolute atomic E-state index is 0.226. The molecule has 0 saturated heterocycles. The molecule has 0 aliphatic heterocycles. The van der Waals surface area contributed by atoms with E-state index in [2.05, 4.69) is 67.3 Å². The van der Waals surface area contributed by atoms with E-state index in [1.807, 2.05) is 31.4 Å². The zero-order chi connectivity index (χ0) is 13.8. The van der Waals surface area contributed by atoms with E-state index in [9.17, 15) is 0 Å². The van der Waals surface area contributed by atoms with E-state index >= 15 is 0 Å². The molecule has 0 amide bonds. The predicted molar refractivity (Wildman–Crippen MR) is 86.3 cm³/mol. The van der Waals surface area contributed by atoms with Gasteiger partial charge in [-0.3, -0.25) is 4.98 Å². The lowest BCUT2D eigenvalue weighted by molar-refractivity contribution is 0.499. The van der Waals surface area contributed by atoms with E-state index in [1.54, 1.807) is 0 Å². The molecule has 2 atom stereocenters. The van der Waals surface area contributed by atoms with Gasteiger partial charge in [0.15, 0.2) is 0 Å². The maximum absolute atomic E-state index is 4.45. The predicted octanol–water partition coefficient (Wildman–Crippen LogP) is 4.67. The van der Waals surface area contributed by atoms with Crippen molar-refractivity contribution in [3.8, 4) is 0 Å². The SMILES string of the molecule is CNC(c1cc(Br)cc(Br)c1)C(C)c1ccccn1. The average Bonchev–Trinajstić information content (AvgIpc) is 2.39. The highest BCUT2D eigenvalue weighted by Gasteiger charge is 2.20. The number of rotatable bonds is 4. The van der Waals surface area contributed by atoms with Crippen LogP contribution in [0.4, 0.5) is 0 Å². The third-order valence-electron chi connectivity index (χ3n) is 3.21. The molecular weight excluding hydrogens is 368 g/mol. The molecule has 0 aliphatic carbocycles. The number of pyridine rings is 1. The third-order valence-corrected chi connectivity index (χ3v) is 4.12. The molecule has 1 N–H and O–H groups in total. The van der Waals surface area contributed by atoms with E-state index in [1.165, 1.54) is 5.56 Å². The fraction of sp³-hybridized carbons (Fsp3) is 0.267. The summed E-state index contributed by atoms with van der Waals surface area (Å²) in [5.41, 5.74) is 2.33. The van der Waals surface area contributed by atoms with Gasteiger partial charge in [-0.25, -0.2) is 0 Å². The number of aromatic nitrogens is 1. The lowest BCUT2D eigenvalue weighted by Gasteiger charge is -2.24. The van der Waals surface area contributed by atoms with Crippen molar-refractivity contribution >= 4 is 31.9 Å². The molecule has 0 fully saturated rings. The number of benzene rings is 1. The first-order valence-corrected chi connectivity index (χ1v) is 7.74. The molecule has 0 spiro atoms. The standard InChI is InChI=1S/C15H16Br2N2/c1-10(14-5-3-4-6-19-14)15(18-2)11-7-12(16)9-13(17)8-11/h3-10,15,18H,1-2H3. The molecule has 1 aromatic heterocycles. The van der Waals surface area contributed by atoms with Crippen molar-refractivity contribution in [2.24, 2.45) is 0 Å². The summed E-state index contributed by atoms with van der Waals surface area (Å²) in [7, 11) is 1.99. The maximum Gasteiger partial charge on any atom is 0.0450 e. The topological polar surface area (TPSA) is 24.9 Å². The molecule has 0 aliphatic rings. The van der Waals surface area contributed by atoms with Gasteiger partial charge in [0.1, 0.15) is 0 Å². The van der Waals surface area contributed by atoms with Crippen LogP contribution in [-0.4, -0.2) is 12.0 Å². The van der Waals surface area contributed by atoms with Crippen LogP contribution >= 0.6 is 31.9 Å². The number of likely N-dealkylation sites (N-methyl/N-ethyl adjacent to an activating group) is 1. The minimum atomic E-state index is 0.226. The number of halogens is 2. The van der Waals surface area contributed by atoms with Crippen molar-refractivity contribution in [3.05, 3.63) is 62.8 Å². The molecular formula is C15H16Br2N2. The Morgan fingerprint density at radius 2 is 1.79 bits per heavy atom. The normalized spacial score (nSPS) is 14.1. The van der Waals surface area contributed by atoms with E-state index in [4.69, 9.17) is 0 Å². The number of nitrogens with one attached hydrogen (secondary N) is 1. The van der Waals surface area contributed by atoms with Gasteiger partial charge in [-0.15, -0.1) is 0 Å². The quantitative estimate of drug-likeness (QED) is 0.829. The highest BCUT2D eigenvalue weighted by Crippen LogP contribution is 2.32. The number of nitrogens with zero attached hydrogens (tertiary/aromatic N) is 1. The average molecular weight is 384 g/mol. The van der Waals surface area contributed by atoms with Gasteiger partial charge in [-0.05, 0) is 42.9 Å². The Bertz CT molecular complexity index is 523. The molecule has 19 heavy (non-hydrogen) atoms. The van der Waals surface area contributed by atoms with Gasteiger partial charge in [0.2, 0.25) is 0 Å². The molecule has 2 rings (SSSR count). The second-order valence-corrected chi connectivity index (χ2v) is 6.34. The summed E-state index contributed by atoms with van der Waals surface area (Å²) in [6.07, 6.45) is 1.84. The Hall–Kier alpha value is -0.710.